The van der Waals surface area contributed by atoms with Crippen LogP contribution in [-0.2, 0) is 0 Å². The highest BCUT2D eigenvalue weighted by Crippen LogP contribution is 2.36. The molecule has 0 unspecified atom stereocenters. The number of hydrogen-bond donors (Lipinski definition) is 1. The van der Waals surface area contributed by atoms with Crippen molar-refractivity contribution in [3.63, 3.8) is 0 Å². The largest absolute Gasteiger partial charge is 0.494 e. The Morgan fingerprint density at radius 1 is 1.19 bits per heavy atom. The molecule has 0 saturated carbocycles. The summed E-state index contributed by atoms with van der Waals surface area (Å²) in [5, 5.41) is 0. The molecule has 2 aromatic carbocycles. The van der Waals surface area contributed by atoms with Gasteiger partial charge in [-0.15, -0.1) is 0 Å². The smallest absolute Gasteiger partial charge is 0.231 e. The molecule has 0 spiro atoms. The normalized spacial score (nSPS) is 12.2. The van der Waals surface area contributed by atoms with Crippen molar-refractivity contribution in [1.82, 2.24) is 0 Å². The first-order valence-corrected chi connectivity index (χ1v) is 6.65. The minimum atomic E-state index is -0.158. The molecule has 108 valence electrons. The third-order valence-corrected chi connectivity index (χ3v) is 3.22. The number of hydrogen-bond acceptors (Lipinski definition) is 5. The summed E-state index contributed by atoms with van der Waals surface area (Å²) < 4.78 is 15.9. The van der Waals surface area contributed by atoms with Gasteiger partial charge in [-0.1, -0.05) is 0 Å². The molecule has 0 aliphatic carbocycles. The summed E-state index contributed by atoms with van der Waals surface area (Å²) in [6, 6.07) is 10.2. The summed E-state index contributed by atoms with van der Waals surface area (Å²) in [4.78, 5) is 12.5. The quantitative estimate of drug-likeness (QED) is 0.690. The van der Waals surface area contributed by atoms with Crippen molar-refractivity contribution in [2.24, 2.45) is 0 Å². The highest BCUT2D eigenvalue weighted by molar-refractivity contribution is 6.12. The molecule has 3 rings (SSSR count). The van der Waals surface area contributed by atoms with Crippen molar-refractivity contribution in [3.8, 4) is 17.2 Å². The van der Waals surface area contributed by atoms with E-state index in [1.54, 1.807) is 36.4 Å². The number of benzene rings is 2. The first-order valence-electron chi connectivity index (χ1n) is 6.65. The van der Waals surface area contributed by atoms with Crippen LogP contribution in [0.15, 0.2) is 36.4 Å². The van der Waals surface area contributed by atoms with Gasteiger partial charge in [0.25, 0.3) is 0 Å². The molecule has 0 saturated heterocycles. The topological polar surface area (TPSA) is 70.8 Å². The first kappa shape index (κ1) is 13.3. The number of carbonyl (C=O) groups is 1. The van der Waals surface area contributed by atoms with Gasteiger partial charge in [0.05, 0.1) is 6.61 Å². The van der Waals surface area contributed by atoms with E-state index in [2.05, 4.69) is 0 Å². The third kappa shape index (κ3) is 2.50. The maximum atomic E-state index is 12.5. The van der Waals surface area contributed by atoms with Gasteiger partial charge in [-0.05, 0) is 37.3 Å². The van der Waals surface area contributed by atoms with Gasteiger partial charge >= 0.3 is 0 Å². The van der Waals surface area contributed by atoms with E-state index >= 15 is 0 Å². The Kier molecular flexibility index (Phi) is 3.39. The number of rotatable bonds is 4. The summed E-state index contributed by atoms with van der Waals surface area (Å²) in [6.07, 6.45) is 0. The lowest BCUT2D eigenvalue weighted by Crippen LogP contribution is -2.05. The van der Waals surface area contributed by atoms with Gasteiger partial charge in [0.2, 0.25) is 6.79 Å². The maximum absolute atomic E-state index is 12.5. The SMILES string of the molecule is CCOc1ccc(C(=O)c2cc3c(cc2N)OCO3)cc1. The molecule has 0 aromatic heterocycles. The molecule has 5 nitrogen and oxygen atoms in total. The molecule has 1 heterocycles. The Bertz CT molecular complexity index is 679. The van der Waals surface area contributed by atoms with Crippen LogP contribution < -0.4 is 19.9 Å². The number of fused-ring (bicyclic) bond motifs is 1. The van der Waals surface area contributed by atoms with Gasteiger partial charge < -0.3 is 19.9 Å². The predicted molar refractivity (Wildman–Crippen MR) is 78.0 cm³/mol. The lowest BCUT2D eigenvalue weighted by Gasteiger charge is -2.08. The van der Waals surface area contributed by atoms with Crippen LogP contribution in [-0.4, -0.2) is 19.2 Å². The van der Waals surface area contributed by atoms with E-state index in [4.69, 9.17) is 19.9 Å². The summed E-state index contributed by atoms with van der Waals surface area (Å²) in [5.41, 5.74) is 7.25. The average molecular weight is 285 g/mol. The van der Waals surface area contributed by atoms with E-state index in [9.17, 15) is 4.79 Å². The summed E-state index contributed by atoms with van der Waals surface area (Å²) in [7, 11) is 0. The van der Waals surface area contributed by atoms with Gasteiger partial charge in [0.1, 0.15) is 5.75 Å². The zero-order valence-corrected chi connectivity index (χ0v) is 11.6. The minimum absolute atomic E-state index is 0.148. The zero-order valence-electron chi connectivity index (χ0n) is 11.6. The Morgan fingerprint density at radius 2 is 1.86 bits per heavy atom. The van der Waals surface area contributed by atoms with Crippen molar-refractivity contribution < 1.29 is 19.0 Å². The Hall–Kier alpha value is -2.69. The van der Waals surface area contributed by atoms with Gasteiger partial charge in [0.15, 0.2) is 17.3 Å². The van der Waals surface area contributed by atoms with E-state index < -0.39 is 0 Å². The molecule has 0 atom stereocenters. The molecular formula is C16H15NO4. The Labute approximate surface area is 122 Å². The average Bonchev–Trinajstić information content (AvgIpc) is 2.94. The van der Waals surface area contributed by atoms with Crippen LogP contribution in [0.25, 0.3) is 0 Å². The van der Waals surface area contributed by atoms with E-state index in [0.29, 0.717) is 34.9 Å². The van der Waals surface area contributed by atoms with Crippen LogP contribution >= 0.6 is 0 Å². The Morgan fingerprint density at radius 3 is 2.52 bits per heavy atom. The summed E-state index contributed by atoms with van der Waals surface area (Å²) >= 11 is 0. The molecule has 1 aliphatic heterocycles. The van der Waals surface area contributed by atoms with Crippen molar-refractivity contribution in [3.05, 3.63) is 47.5 Å². The fourth-order valence-electron chi connectivity index (χ4n) is 2.18. The molecule has 0 radical (unpaired) electrons. The molecule has 2 aromatic rings. The van der Waals surface area contributed by atoms with Crippen LogP contribution in [0, 0.1) is 0 Å². The molecular weight excluding hydrogens is 270 g/mol. The fraction of sp³-hybridized carbons (Fsp3) is 0.188. The number of ketones is 1. The zero-order chi connectivity index (χ0) is 14.8. The van der Waals surface area contributed by atoms with Crippen molar-refractivity contribution in [2.45, 2.75) is 6.92 Å². The predicted octanol–water partition coefficient (Wildman–Crippen LogP) is 2.63. The maximum Gasteiger partial charge on any atom is 0.231 e. The number of anilines is 1. The van der Waals surface area contributed by atoms with Gasteiger partial charge in [-0.2, -0.15) is 0 Å². The van der Waals surface area contributed by atoms with Crippen molar-refractivity contribution in [1.29, 1.82) is 0 Å². The lowest BCUT2D eigenvalue weighted by atomic mass is 10.0. The number of carbonyl (C=O) groups excluding carboxylic acids is 1. The molecule has 0 fully saturated rings. The van der Waals surface area contributed by atoms with Crippen LogP contribution in [0.2, 0.25) is 0 Å². The standard InChI is InChI=1S/C16H15NO4/c1-2-19-11-5-3-10(4-6-11)16(18)12-7-14-15(8-13(12)17)21-9-20-14/h3-8H,2,9,17H2,1H3. The molecule has 2 N–H and O–H groups in total. The number of nitrogens with two attached hydrogens (primary N) is 1. The van der Waals surface area contributed by atoms with Crippen molar-refractivity contribution in [2.75, 3.05) is 19.1 Å². The van der Waals surface area contributed by atoms with Crippen LogP contribution in [0.4, 0.5) is 5.69 Å². The minimum Gasteiger partial charge on any atom is -0.494 e. The molecule has 0 amide bonds. The van der Waals surface area contributed by atoms with E-state index in [1.165, 1.54) is 0 Å². The number of nitrogen functional groups attached to an aromatic ring is 1. The van der Waals surface area contributed by atoms with Crippen LogP contribution in [0.1, 0.15) is 22.8 Å². The monoisotopic (exact) mass is 285 g/mol. The van der Waals surface area contributed by atoms with Crippen LogP contribution in [0.3, 0.4) is 0 Å². The molecule has 1 aliphatic rings. The highest BCUT2D eigenvalue weighted by Gasteiger charge is 2.20. The highest BCUT2D eigenvalue weighted by atomic mass is 16.7. The fourth-order valence-corrected chi connectivity index (χ4v) is 2.18. The van der Waals surface area contributed by atoms with Crippen LogP contribution in [0.5, 0.6) is 17.2 Å². The van der Waals surface area contributed by atoms with Gasteiger partial charge in [-0.25, -0.2) is 0 Å². The summed E-state index contributed by atoms with van der Waals surface area (Å²) in [5.74, 6) is 1.68. The van der Waals surface area contributed by atoms with E-state index in [0.717, 1.165) is 5.75 Å². The first-order chi connectivity index (χ1) is 10.2. The van der Waals surface area contributed by atoms with E-state index in [-0.39, 0.29) is 12.6 Å². The molecule has 0 bridgehead atoms. The third-order valence-electron chi connectivity index (χ3n) is 3.22. The molecule has 5 heteroatoms. The second-order valence-electron chi connectivity index (χ2n) is 4.58. The Balaban J connectivity index is 1.91. The second kappa shape index (κ2) is 5.36. The van der Waals surface area contributed by atoms with E-state index in [1.807, 2.05) is 6.92 Å². The van der Waals surface area contributed by atoms with Gasteiger partial charge in [-0.3, -0.25) is 4.79 Å². The summed E-state index contributed by atoms with van der Waals surface area (Å²) in [6.45, 7) is 2.64. The van der Waals surface area contributed by atoms with Gasteiger partial charge in [0, 0.05) is 22.9 Å². The lowest BCUT2D eigenvalue weighted by molar-refractivity contribution is 0.103. The second-order valence-corrected chi connectivity index (χ2v) is 4.58. The molecule has 21 heavy (non-hydrogen) atoms. The van der Waals surface area contributed by atoms with Crippen molar-refractivity contribution >= 4 is 11.5 Å². The number of ether oxygens (including phenoxy) is 3.